The van der Waals surface area contributed by atoms with Crippen molar-refractivity contribution in [1.82, 2.24) is 10.2 Å². The molecule has 2 rings (SSSR count). The van der Waals surface area contributed by atoms with E-state index in [2.05, 4.69) is 12.2 Å². The Bertz CT molecular complexity index is 280. The molecule has 1 N–H and O–H groups in total. The van der Waals surface area contributed by atoms with Crippen molar-refractivity contribution in [3.63, 3.8) is 0 Å². The molecule has 4 nitrogen and oxygen atoms in total. The van der Waals surface area contributed by atoms with Crippen LogP contribution in [0.4, 0.5) is 0 Å². The number of methoxy groups -OCH3 is 1. The average molecular weight is 277 g/mol. The molecule has 18 heavy (non-hydrogen) atoms. The van der Waals surface area contributed by atoms with Crippen LogP contribution in [0, 0.1) is 5.41 Å². The Morgan fingerprint density at radius 3 is 2.83 bits per heavy atom. The van der Waals surface area contributed by atoms with E-state index in [-0.39, 0.29) is 23.9 Å². The number of carbonyl (C=O) groups excluding carboxylic acids is 1. The van der Waals surface area contributed by atoms with Crippen LogP contribution in [0.3, 0.4) is 0 Å². The van der Waals surface area contributed by atoms with E-state index in [1.54, 1.807) is 7.11 Å². The van der Waals surface area contributed by atoms with Crippen molar-refractivity contribution in [3.05, 3.63) is 0 Å². The predicted molar refractivity (Wildman–Crippen MR) is 74.1 cm³/mol. The predicted octanol–water partition coefficient (Wildman–Crippen LogP) is 1.44. The molecular formula is C13H25ClN2O2. The average Bonchev–Trinajstić information content (AvgIpc) is 2.39. The van der Waals surface area contributed by atoms with E-state index in [4.69, 9.17) is 4.74 Å². The minimum Gasteiger partial charge on any atom is -0.380 e. The van der Waals surface area contributed by atoms with Crippen molar-refractivity contribution in [2.75, 3.05) is 33.3 Å². The number of likely N-dealkylation sites (tertiary alicyclic amines) is 1. The fraction of sp³-hybridized carbons (Fsp3) is 0.923. The molecule has 0 aliphatic carbocycles. The quantitative estimate of drug-likeness (QED) is 0.830. The first-order valence-corrected chi connectivity index (χ1v) is 6.68. The van der Waals surface area contributed by atoms with Crippen molar-refractivity contribution in [2.45, 2.75) is 38.7 Å². The van der Waals surface area contributed by atoms with Crippen LogP contribution >= 0.6 is 12.4 Å². The van der Waals surface area contributed by atoms with Crippen molar-refractivity contribution in [1.29, 1.82) is 0 Å². The van der Waals surface area contributed by atoms with Crippen LogP contribution < -0.4 is 5.32 Å². The maximum Gasteiger partial charge on any atom is 0.229 e. The lowest BCUT2D eigenvalue weighted by molar-refractivity contribution is -0.145. The highest BCUT2D eigenvalue weighted by Crippen LogP contribution is 2.29. The summed E-state index contributed by atoms with van der Waals surface area (Å²) in [5.74, 6) is 0.312. The maximum atomic E-state index is 12.6. The molecule has 2 unspecified atom stereocenters. The Morgan fingerprint density at radius 1 is 1.44 bits per heavy atom. The summed E-state index contributed by atoms with van der Waals surface area (Å²) < 4.78 is 5.38. The number of rotatable bonds is 2. The summed E-state index contributed by atoms with van der Waals surface area (Å²) in [7, 11) is 1.74. The lowest BCUT2D eigenvalue weighted by Crippen LogP contribution is -2.53. The molecule has 106 valence electrons. The van der Waals surface area contributed by atoms with E-state index >= 15 is 0 Å². The lowest BCUT2D eigenvalue weighted by Gasteiger charge is -2.40. The molecule has 2 fully saturated rings. The molecule has 0 aromatic rings. The first-order valence-electron chi connectivity index (χ1n) is 6.68. The summed E-state index contributed by atoms with van der Waals surface area (Å²) >= 11 is 0. The largest absolute Gasteiger partial charge is 0.380 e. The monoisotopic (exact) mass is 276 g/mol. The zero-order valence-corrected chi connectivity index (χ0v) is 12.2. The number of nitrogens with zero attached hydrogens (tertiary/aromatic N) is 1. The summed E-state index contributed by atoms with van der Waals surface area (Å²) in [6.07, 6.45) is 4.48. The van der Waals surface area contributed by atoms with Gasteiger partial charge in [-0.05, 0) is 39.2 Å². The molecule has 0 aromatic carbocycles. The van der Waals surface area contributed by atoms with E-state index in [1.807, 2.05) is 4.90 Å². The molecule has 2 heterocycles. The summed E-state index contributed by atoms with van der Waals surface area (Å²) in [6, 6.07) is 0. The summed E-state index contributed by atoms with van der Waals surface area (Å²) in [6.45, 7) is 5.63. The minimum atomic E-state index is -0.201. The highest BCUT2D eigenvalue weighted by Gasteiger charge is 2.39. The standard InChI is InChI=1S/C13H24N2O2.ClH/c1-13(6-4-7-14-10-13)12(16)15-8-3-5-11(9-15)17-2;/h11,14H,3-10H2,1-2H3;1H. The second-order valence-corrected chi connectivity index (χ2v) is 5.59. The molecule has 2 atom stereocenters. The summed E-state index contributed by atoms with van der Waals surface area (Å²) in [4.78, 5) is 14.6. The SMILES string of the molecule is COC1CCCN(C(=O)C2(C)CCCNC2)C1.Cl. The molecule has 2 aliphatic rings. The zero-order chi connectivity index (χ0) is 12.3. The molecule has 0 bridgehead atoms. The van der Waals surface area contributed by atoms with Gasteiger partial charge in [-0.1, -0.05) is 0 Å². The van der Waals surface area contributed by atoms with E-state index in [0.717, 1.165) is 51.9 Å². The van der Waals surface area contributed by atoms with Gasteiger partial charge in [-0.15, -0.1) is 12.4 Å². The minimum absolute atomic E-state index is 0. The number of amides is 1. The molecule has 2 saturated heterocycles. The second kappa shape index (κ2) is 6.73. The van der Waals surface area contributed by atoms with E-state index in [0.29, 0.717) is 5.91 Å². The molecule has 0 saturated carbocycles. The van der Waals surface area contributed by atoms with Crippen LogP contribution in [0.25, 0.3) is 0 Å². The van der Waals surface area contributed by atoms with Crippen LogP contribution in [-0.4, -0.2) is 50.2 Å². The van der Waals surface area contributed by atoms with Gasteiger partial charge in [-0.2, -0.15) is 0 Å². The van der Waals surface area contributed by atoms with E-state index in [1.165, 1.54) is 0 Å². The van der Waals surface area contributed by atoms with Crippen LogP contribution in [0.5, 0.6) is 0 Å². The molecule has 1 amide bonds. The third-order valence-corrected chi connectivity index (χ3v) is 4.11. The van der Waals surface area contributed by atoms with Crippen molar-refractivity contribution in [2.24, 2.45) is 5.41 Å². The third kappa shape index (κ3) is 3.37. The van der Waals surface area contributed by atoms with Gasteiger partial charge in [0.05, 0.1) is 11.5 Å². The van der Waals surface area contributed by atoms with Gasteiger partial charge in [0.1, 0.15) is 0 Å². The Kier molecular flexibility index (Phi) is 5.89. The number of hydrogen-bond donors (Lipinski definition) is 1. The van der Waals surface area contributed by atoms with Crippen LogP contribution in [0.15, 0.2) is 0 Å². The van der Waals surface area contributed by atoms with Crippen molar-refractivity contribution >= 4 is 18.3 Å². The Balaban J connectivity index is 0.00000162. The van der Waals surface area contributed by atoms with Gasteiger partial charge in [0.25, 0.3) is 0 Å². The molecule has 0 radical (unpaired) electrons. The van der Waals surface area contributed by atoms with Gasteiger partial charge >= 0.3 is 0 Å². The molecular weight excluding hydrogens is 252 g/mol. The third-order valence-electron chi connectivity index (χ3n) is 4.11. The fourth-order valence-corrected chi connectivity index (χ4v) is 2.94. The van der Waals surface area contributed by atoms with Gasteiger partial charge < -0.3 is 15.0 Å². The topological polar surface area (TPSA) is 41.6 Å². The van der Waals surface area contributed by atoms with Gasteiger partial charge in [-0.3, -0.25) is 4.79 Å². The number of nitrogens with one attached hydrogen (secondary N) is 1. The molecule has 5 heteroatoms. The van der Waals surface area contributed by atoms with E-state index < -0.39 is 0 Å². The number of hydrogen-bond acceptors (Lipinski definition) is 3. The Morgan fingerprint density at radius 2 is 2.22 bits per heavy atom. The molecule has 0 aromatic heterocycles. The number of halogens is 1. The maximum absolute atomic E-state index is 12.6. The highest BCUT2D eigenvalue weighted by molar-refractivity contribution is 5.85. The van der Waals surface area contributed by atoms with E-state index in [9.17, 15) is 4.79 Å². The first-order chi connectivity index (χ1) is 8.15. The fourth-order valence-electron chi connectivity index (χ4n) is 2.94. The van der Waals surface area contributed by atoms with Crippen molar-refractivity contribution < 1.29 is 9.53 Å². The first kappa shape index (κ1) is 15.7. The van der Waals surface area contributed by atoms with Gasteiger partial charge in [0.2, 0.25) is 5.91 Å². The second-order valence-electron chi connectivity index (χ2n) is 5.59. The van der Waals surface area contributed by atoms with Crippen molar-refractivity contribution in [3.8, 4) is 0 Å². The van der Waals surface area contributed by atoms with Crippen LogP contribution in [-0.2, 0) is 9.53 Å². The van der Waals surface area contributed by atoms with Crippen LogP contribution in [0.2, 0.25) is 0 Å². The molecule has 2 aliphatic heterocycles. The van der Waals surface area contributed by atoms with Gasteiger partial charge in [0, 0.05) is 26.7 Å². The number of ether oxygens (including phenoxy) is 1. The smallest absolute Gasteiger partial charge is 0.229 e. The molecule has 0 spiro atoms. The Hall–Kier alpha value is -0.320. The normalized spacial score (nSPS) is 32.8. The zero-order valence-electron chi connectivity index (χ0n) is 11.4. The summed E-state index contributed by atoms with van der Waals surface area (Å²) in [5.41, 5.74) is -0.201. The van der Waals surface area contributed by atoms with Gasteiger partial charge in [0.15, 0.2) is 0 Å². The highest BCUT2D eigenvalue weighted by atomic mass is 35.5. The Labute approximate surface area is 116 Å². The van der Waals surface area contributed by atoms with Gasteiger partial charge in [-0.25, -0.2) is 0 Å². The number of piperidine rings is 2. The number of carbonyl (C=O) groups is 1. The van der Waals surface area contributed by atoms with Crippen LogP contribution in [0.1, 0.15) is 32.6 Å². The summed E-state index contributed by atoms with van der Waals surface area (Å²) in [5, 5.41) is 3.34. The lowest BCUT2D eigenvalue weighted by atomic mass is 9.81.